The van der Waals surface area contributed by atoms with Crippen LogP contribution in [0.5, 0.6) is 0 Å². The smallest absolute Gasteiger partial charge is 0.254 e. The number of carbonyl (C=O) groups is 1. The van der Waals surface area contributed by atoms with Crippen LogP contribution in [-0.4, -0.2) is 42.5 Å². The minimum absolute atomic E-state index is 0.0301. The molecule has 1 aromatic heterocycles. The third-order valence-electron chi connectivity index (χ3n) is 3.26. The van der Waals surface area contributed by atoms with Gasteiger partial charge in [0.25, 0.3) is 5.91 Å². The molecule has 4 nitrogen and oxygen atoms in total. The van der Waals surface area contributed by atoms with Crippen molar-refractivity contribution in [3.63, 3.8) is 0 Å². The number of nitrogens with zero attached hydrogens (tertiary/aromatic N) is 2. The van der Waals surface area contributed by atoms with Crippen LogP contribution in [0.2, 0.25) is 0 Å². The molecule has 0 radical (unpaired) electrons. The van der Waals surface area contributed by atoms with E-state index in [4.69, 9.17) is 0 Å². The molecule has 106 valence electrons. The second-order valence-electron chi connectivity index (χ2n) is 5.78. The molecule has 0 saturated heterocycles. The maximum Gasteiger partial charge on any atom is 0.254 e. The average molecular weight is 267 g/mol. The minimum Gasteiger partial charge on any atom is -0.349 e. The fourth-order valence-electron chi connectivity index (χ4n) is 1.98. The quantitative estimate of drug-likeness (QED) is 0.886. The van der Waals surface area contributed by atoms with E-state index in [0.717, 1.165) is 12.7 Å². The first-order valence-electron chi connectivity index (χ1n) is 6.29. The number of carbonyl (C=O) groups excluding carboxylic acids is 1. The highest BCUT2D eigenvalue weighted by Crippen LogP contribution is 2.21. The van der Waals surface area contributed by atoms with E-state index >= 15 is 0 Å². The van der Waals surface area contributed by atoms with Gasteiger partial charge in [0, 0.05) is 18.8 Å². The molecule has 0 aromatic carbocycles. The molecule has 1 rings (SSSR count). The van der Waals surface area contributed by atoms with Crippen molar-refractivity contribution in [1.82, 2.24) is 15.2 Å². The monoisotopic (exact) mass is 267 g/mol. The summed E-state index contributed by atoms with van der Waals surface area (Å²) >= 11 is 0. The molecule has 0 fully saturated rings. The van der Waals surface area contributed by atoms with Crippen LogP contribution < -0.4 is 5.32 Å². The predicted molar refractivity (Wildman–Crippen MR) is 73.5 cm³/mol. The second kappa shape index (κ2) is 6.10. The maximum absolute atomic E-state index is 13.5. The van der Waals surface area contributed by atoms with Crippen LogP contribution in [0.1, 0.15) is 31.1 Å². The molecule has 1 heterocycles. The number of halogens is 1. The number of pyridine rings is 1. The Bertz CT molecular complexity index is 446. The van der Waals surface area contributed by atoms with Gasteiger partial charge in [0.05, 0.1) is 11.8 Å². The van der Waals surface area contributed by atoms with Gasteiger partial charge in [0.2, 0.25) is 0 Å². The molecule has 1 amide bonds. The second-order valence-corrected chi connectivity index (χ2v) is 5.78. The van der Waals surface area contributed by atoms with Crippen LogP contribution >= 0.6 is 0 Å². The number of aromatic nitrogens is 1. The van der Waals surface area contributed by atoms with Crippen LogP contribution in [0.15, 0.2) is 18.5 Å². The highest BCUT2D eigenvalue weighted by atomic mass is 19.1. The third-order valence-corrected chi connectivity index (χ3v) is 3.26. The van der Waals surface area contributed by atoms with E-state index in [-0.39, 0.29) is 17.0 Å². The first-order valence-corrected chi connectivity index (χ1v) is 6.29. The fourth-order valence-corrected chi connectivity index (χ4v) is 1.98. The molecule has 19 heavy (non-hydrogen) atoms. The Morgan fingerprint density at radius 2 is 2.16 bits per heavy atom. The summed E-state index contributed by atoms with van der Waals surface area (Å²) in [7, 11) is 3.97. The molecule has 0 saturated carbocycles. The summed E-state index contributed by atoms with van der Waals surface area (Å²) in [5, 5.41) is 2.85. The summed E-state index contributed by atoms with van der Waals surface area (Å²) in [6.45, 7) is 6.90. The molecule has 0 aliphatic rings. The van der Waals surface area contributed by atoms with E-state index in [1.54, 1.807) is 0 Å². The van der Waals surface area contributed by atoms with E-state index in [1.807, 2.05) is 21.0 Å². The maximum atomic E-state index is 13.5. The highest BCUT2D eigenvalue weighted by molar-refractivity contribution is 5.94. The number of hydrogen-bond acceptors (Lipinski definition) is 3. The van der Waals surface area contributed by atoms with Crippen LogP contribution in [0.4, 0.5) is 4.39 Å². The summed E-state index contributed by atoms with van der Waals surface area (Å²) < 4.78 is 13.5. The van der Waals surface area contributed by atoms with E-state index in [9.17, 15) is 9.18 Å². The molecule has 0 aliphatic carbocycles. The summed E-state index contributed by atoms with van der Waals surface area (Å²) in [5.41, 5.74) is -0.0784. The van der Waals surface area contributed by atoms with Crippen LogP contribution in [-0.2, 0) is 0 Å². The number of nitrogens with one attached hydrogen (secondary N) is 1. The fraction of sp³-hybridized carbons (Fsp3) is 0.571. The SMILES string of the molecule is C[C@H](NC(=O)c1ccncc1F)C(C)(C)CN(C)C. The molecule has 1 atom stereocenters. The Balaban J connectivity index is 2.74. The zero-order valence-corrected chi connectivity index (χ0v) is 12.2. The highest BCUT2D eigenvalue weighted by Gasteiger charge is 2.28. The van der Waals surface area contributed by atoms with Gasteiger partial charge in [-0.25, -0.2) is 4.39 Å². The number of rotatable bonds is 5. The molecular weight excluding hydrogens is 245 g/mol. The summed E-state index contributed by atoms with van der Waals surface area (Å²) in [4.78, 5) is 17.7. The van der Waals surface area contributed by atoms with Gasteiger partial charge in [-0.2, -0.15) is 0 Å². The number of hydrogen-bond donors (Lipinski definition) is 1. The van der Waals surface area contributed by atoms with Crippen LogP contribution in [0.25, 0.3) is 0 Å². The van der Waals surface area contributed by atoms with Gasteiger partial charge in [-0.05, 0) is 32.5 Å². The lowest BCUT2D eigenvalue weighted by atomic mass is 9.85. The lowest BCUT2D eigenvalue weighted by Crippen LogP contribution is -2.47. The van der Waals surface area contributed by atoms with Crippen molar-refractivity contribution in [2.45, 2.75) is 26.8 Å². The van der Waals surface area contributed by atoms with Crippen molar-refractivity contribution in [2.75, 3.05) is 20.6 Å². The Morgan fingerprint density at radius 3 is 2.68 bits per heavy atom. The normalized spacial score (nSPS) is 13.4. The van der Waals surface area contributed by atoms with Gasteiger partial charge in [-0.15, -0.1) is 0 Å². The van der Waals surface area contributed by atoms with Crippen molar-refractivity contribution in [2.24, 2.45) is 5.41 Å². The van der Waals surface area contributed by atoms with Gasteiger partial charge in [0.1, 0.15) is 0 Å². The summed E-state index contributed by atoms with van der Waals surface area (Å²) in [5.74, 6) is -1.00. The van der Waals surface area contributed by atoms with Gasteiger partial charge < -0.3 is 10.2 Å². The van der Waals surface area contributed by atoms with Gasteiger partial charge in [-0.3, -0.25) is 9.78 Å². The summed E-state index contributed by atoms with van der Waals surface area (Å²) in [6, 6.07) is 1.31. The van der Waals surface area contributed by atoms with Gasteiger partial charge in [0.15, 0.2) is 5.82 Å². The average Bonchev–Trinajstić information content (AvgIpc) is 2.27. The standard InChI is InChI=1S/C14H22FN3O/c1-10(14(2,3)9-18(4)5)17-13(19)11-6-7-16-8-12(11)15/h6-8,10H,9H2,1-5H3,(H,17,19)/t10-/m0/s1. The van der Waals surface area contributed by atoms with Crippen LogP contribution in [0.3, 0.4) is 0 Å². The van der Waals surface area contributed by atoms with Crippen molar-refractivity contribution >= 4 is 5.91 Å². The summed E-state index contributed by atoms with van der Waals surface area (Å²) in [6.07, 6.45) is 2.46. The predicted octanol–water partition coefficient (Wildman–Crippen LogP) is 1.93. The van der Waals surface area contributed by atoms with E-state index < -0.39 is 11.7 Å². The van der Waals surface area contributed by atoms with Crippen molar-refractivity contribution < 1.29 is 9.18 Å². The Kier molecular flexibility index (Phi) is 5.00. The van der Waals surface area contributed by atoms with Gasteiger partial charge in [-0.1, -0.05) is 13.8 Å². The number of amides is 1. The Labute approximate surface area is 114 Å². The molecule has 1 aromatic rings. The zero-order valence-electron chi connectivity index (χ0n) is 12.2. The molecular formula is C14H22FN3O. The van der Waals surface area contributed by atoms with Crippen molar-refractivity contribution in [3.8, 4) is 0 Å². The minimum atomic E-state index is -0.599. The molecule has 0 spiro atoms. The lowest BCUT2D eigenvalue weighted by molar-refractivity contribution is 0.0881. The molecule has 0 bridgehead atoms. The van der Waals surface area contributed by atoms with E-state index in [1.165, 1.54) is 12.3 Å². The first kappa shape index (κ1) is 15.6. The lowest BCUT2D eigenvalue weighted by Gasteiger charge is -2.34. The van der Waals surface area contributed by atoms with Crippen molar-refractivity contribution in [3.05, 3.63) is 29.8 Å². The molecule has 0 aliphatic heterocycles. The first-order chi connectivity index (χ1) is 8.74. The largest absolute Gasteiger partial charge is 0.349 e. The third kappa shape index (κ3) is 4.28. The zero-order chi connectivity index (χ0) is 14.6. The van der Waals surface area contributed by atoms with Gasteiger partial charge >= 0.3 is 0 Å². The Morgan fingerprint density at radius 1 is 1.53 bits per heavy atom. The molecule has 0 unspecified atom stereocenters. The van der Waals surface area contributed by atoms with Crippen molar-refractivity contribution in [1.29, 1.82) is 0 Å². The molecule has 1 N–H and O–H groups in total. The van der Waals surface area contributed by atoms with E-state index in [2.05, 4.69) is 29.0 Å². The molecule has 5 heteroatoms. The van der Waals surface area contributed by atoms with Crippen LogP contribution in [0, 0.1) is 11.2 Å². The van der Waals surface area contributed by atoms with E-state index in [0.29, 0.717) is 0 Å². The Hall–Kier alpha value is -1.49. The topological polar surface area (TPSA) is 45.2 Å².